The maximum Gasteiger partial charge on any atom is 1.00 e. The van der Waals surface area contributed by atoms with Crippen LogP contribution in [0.15, 0.2) is 30.3 Å². The quantitative estimate of drug-likeness (QED) is 0.685. The Morgan fingerprint density at radius 2 is 1.67 bits per heavy atom. The zero-order valence-electron chi connectivity index (χ0n) is 9.09. The molecular formula is C10H13BF3K. The van der Waals surface area contributed by atoms with E-state index in [0.717, 1.165) is 5.56 Å². The van der Waals surface area contributed by atoms with Crippen LogP contribution >= 0.6 is 0 Å². The van der Waals surface area contributed by atoms with Crippen molar-refractivity contribution in [1.29, 1.82) is 0 Å². The Kier molecular flexibility index (Phi) is 7.46. The zero-order valence-corrected chi connectivity index (χ0v) is 12.2. The molecule has 0 unspecified atom stereocenters. The normalized spacial score (nSPS) is 13.1. The second-order valence-corrected chi connectivity index (χ2v) is 3.63. The molecule has 0 fully saturated rings. The maximum atomic E-state index is 12.2. The van der Waals surface area contributed by atoms with Gasteiger partial charge in [0, 0.05) is 0 Å². The third-order valence-corrected chi connectivity index (χ3v) is 2.38. The van der Waals surface area contributed by atoms with Gasteiger partial charge in [0.25, 0.3) is 0 Å². The predicted octanol–water partition coefficient (Wildman–Crippen LogP) is 0.861. The van der Waals surface area contributed by atoms with Crippen LogP contribution in [0, 0.1) is 0 Å². The first kappa shape index (κ1) is 15.7. The molecule has 0 aliphatic rings. The summed E-state index contributed by atoms with van der Waals surface area (Å²) in [6.45, 7) is -3.42. The Morgan fingerprint density at radius 1 is 1.13 bits per heavy atom. The van der Waals surface area contributed by atoms with Crippen LogP contribution in [-0.2, 0) is 6.42 Å². The molecule has 0 amide bonds. The summed E-state index contributed by atoms with van der Waals surface area (Å²) < 4.78 is 36.6. The number of rotatable bonds is 4. The summed E-state index contributed by atoms with van der Waals surface area (Å²) in [5.41, 5.74) is 0.972. The van der Waals surface area contributed by atoms with Gasteiger partial charge in [-0.25, -0.2) is 0 Å². The minimum Gasteiger partial charge on any atom is -0.449 e. The molecule has 0 nitrogen and oxygen atoms in total. The van der Waals surface area contributed by atoms with Gasteiger partial charge in [-0.2, -0.15) is 0 Å². The van der Waals surface area contributed by atoms with Gasteiger partial charge in [0.2, 0.25) is 0 Å². The summed E-state index contributed by atoms with van der Waals surface area (Å²) in [4.78, 5) is 0. The Bertz CT molecular complexity index is 274. The van der Waals surface area contributed by atoms with E-state index in [-0.39, 0.29) is 57.8 Å². The molecule has 0 aromatic heterocycles. The van der Waals surface area contributed by atoms with Gasteiger partial charge in [0.15, 0.2) is 0 Å². The topological polar surface area (TPSA) is 0 Å². The SMILES string of the molecule is C[C@H](CCc1ccccc1)[B-](F)(F)F.[K+]. The van der Waals surface area contributed by atoms with Crippen molar-refractivity contribution >= 4 is 6.98 Å². The molecule has 1 rings (SSSR count). The van der Waals surface area contributed by atoms with Crippen LogP contribution in [0.4, 0.5) is 12.9 Å². The molecule has 0 N–H and O–H groups in total. The van der Waals surface area contributed by atoms with Crippen LogP contribution in [-0.4, -0.2) is 6.98 Å². The molecule has 0 saturated heterocycles. The van der Waals surface area contributed by atoms with Crippen LogP contribution in [0.3, 0.4) is 0 Å². The van der Waals surface area contributed by atoms with E-state index in [1.807, 2.05) is 30.3 Å². The van der Waals surface area contributed by atoms with E-state index in [4.69, 9.17) is 0 Å². The average Bonchev–Trinajstić information content (AvgIpc) is 2.14. The second-order valence-electron chi connectivity index (χ2n) is 3.63. The van der Waals surface area contributed by atoms with E-state index in [2.05, 4.69) is 0 Å². The van der Waals surface area contributed by atoms with Crippen LogP contribution in [0.25, 0.3) is 0 Å². The first-order valence-corrected chi connectivity index (χ1v) is 4.74. The van der Waals surface area contributed by atoms with Gasteiger partial charge in [-0.15, -0.1) is 0 Å². The van der Waals surface area contributed by atoms with E-state index in [9.17, 15) is 12.9 Å². The first-order chi connectivity index (χ1) is 6.50. The van der Waals surface area contributed by atoms with Gasteiger partial charge >= 0.3 is 58.4 Å². The van der Waals surface area contributed by atoms with Crippen molar-refractivity contribution in [2.45, 2.75) is 25.6 Å². The fourth-order valence-corrected chi connectivity index (χ4v) is 1.23. The van der Waals surface area contributed by atoms with Crippen molar-refractivity contribution in [3.05, 3.63) is 35.9 Å². The number of benzene rings is 1. The summed E-state index contributed by atoms with van der Waals surface area (Å²) in [5.74, 6) is -1.16. The largest absolute Gasteiger partial charge is 1.00 e. The third kappa shape index (κ3) is 6.12. The second kappa shape index (κ2) is 7.12. The molecule has 1 atom stereocenters. The minimum atomic E-state index is -4.67. The smallest absolute Gasteiger partial charge is 0.449 e. The summed E-state index contributed by atoms with van der Waals surface area (Å²) in [5, 5.41) is 0. The van der Waals surface area contributed by atoms with E-state index < -0.39 is 12.8 Å². The molecule has 0 heterocycles. The average molecular weight is 240 g/mol. The van der Waals surface area contributed by atoms with Crippen LogP contribution in [0.2, 0.25) is 5.82 Å². The van der Waals surface area contributed by atoms with Crippen molar-refractivity contribution < 1.29 is 64.3 Å². The molecule has 0 aliphatic carbocycles. The summed E-state index contributed by atoms with van der Waals surface area (Å²) in [6, 6.07) is 9.27. The van der Waals surface area contributed by atoms with Gasteiger partial charge in [-0.1, -0.05) is 49.5 Å². The Labute approximate surface area is 131 Å². The fourth-order valence-electron chi connectivity index (χ4n) is 1.23. The molecule has 15 heavy (non-hydrogen) atoms. The molecule has 1 aromatic carbocycles. The van der Waals surface area contributed by atoms with E-state index >= 15 is 0 Å². The van der Waals surface area contributed by atoms with Crippen molar-refractivity contribution in [1.82, 2.24) is 0 Å². The third-order valence-electron chi connectivity index (χ3n) is 2.38. The van der Waals surface area contributed by atoms with Crippen molar-refractivity contribution in [3.8, 4) is 0 Å². The summed E-state index contributed by atoms with van der Waals surface area (Å²) >= 11 is 0. The van der Waals surface area contributed by atoms with Gasteiger partial charge in [-0.05, 0) is 12.0 Å². The molecule has 0 bridgehead atoms. The minimum absolute atomic E-state index is 0. The van der Waals surface area contributed by atoms with Gasteiger partial charge in [0.05, 0.1) is 0 Å². The fraction of sp³-hybridized carbons (Fsp3) is 0.400. The monoisotopic (exact) mass is 240 g/mol. The number of hydrogen-bond donors (Lipinski definition) is 0. The molecular weight excluding hydrogens is 227 g/mol. The first-order valence-electron chi connectivity index (χ1n) is 4.74. The molecule has 0 saturated carbocycles. The predicted molar refractivity (Wildman–Crippen MR) is 53.3 cm³/mol. The van der Waals surface area contributed by atoms with Crippen molar-refractivity contribution in [3.63, 3.8) is 0 Å². The van der Waals surface area contributed by atoms with E-state index in [0.29, 0.717) is 6.42 Å². The maximum absolute atomic E-state index is 12.2. The zero-order chi connectivity index (χ0) is 10.6. The van der Waals surface area contributed by atoms with Gasteiger partial charge in [0.1, 0.15) is 0 Å². The Morgan fingerprint density at radius 3 is 2.13 bits per heavy atom. The van der Waals surface area contributed by atoms with Crippen molar-refractivity contribution in [2.24, 2.45) is 0 Å². The summed E-state index contributed by atoms with van der Waals surface area (Å²) in [6.07, 6.45) is 0.691. The van der Waals surface area contributed by atoms with Crippen LogP contribution < -0.4 is 51.4 Å². The Balaban J connectivity index is 0.00000196. The van der Waals surface area contributed by atoms with Gasteiger partial charge < -0.3 is 12.9 Å². The van der Waals surface area contributed by atoms with Gasteiger partial charge in [-0.3, -0.25) is 0 Å². The summed E-state index contributed by atoms with van der Waals surface area (Å²) in [7, 11) is 0. The van der Waals surface area contributed by atoms with E-state index in [1.54, 1.807) is 0 Å². The van der Waals surface area contributed by atoms with Crippen molar-refractivity contribution in [2.75, 3.05) is 0 Å². The number of hydrogen-bond acceptors (Lipinski definition) is 0. The molecule has 1 aromatic rings. The van der Waals surface area contributed by atoms with Crippen LogP contribution in [0.5, 0.6) is 0 Å². The molecule has 0 radical (unpaired) electrons. The molecule has 78 valence electrons. The molecule has 0 aliphatic heterocycles. The Hall–Kier alpha value is 0.711. The molecule has 5 heteroatoms. The van der Waals surface area contributed by atoms with Crippen LogP contribution in [0.1, 0.15) is 18.9 Å². The number of aryl methyl sites for hydroxylation is 1. The van der Waals surface area contributed by atoms with E-state index in [1.165, 1.54) is 6.92 Å². The molecule has 0 spiro atoms. The number of halogens is 3. The standard InChI is InChI=1S/C10H13BF3.K/c1-9(11(12,13)14)7-8-10-5-3-2-4-6-10;/h2-6,9H,7-8H2,1H3;/q-1;+1/t9-;/m1./s1.